The number of para-hydroxylation sites is 3. The van der Waals surface area contributed by atoms with Crippen LogP contribution in [0.15, 0.2) is 136 Å². The number of nitrogens with zero attached hydrogens (tertiary/aromatic N) is 1. The number of fused-ring (bicyclic) bond motifs is 12. The zero-order chi connectivity index (χ0) is 31.1. The lowest BCUT2D eigenvalue weighted by Crippen LogP contribution is -2.62. The van der Waals surface area contributed by atoms with Gasteiger partial charge in [-0.25, -0.2) is 0 Å². The van der Waals surface area contributed by atoms with Crippen molar-refractivity contribution in [1.29, 1.82) is 0 Å². The maximum Gasteiger partial charge on any atom is 0.305 e. The van der Waals surface area contributed by atoms with E-state index < -0.39 is 0 Å². The minimum Gasteiger partial charge on any atom is -0.468 e. The van der Waals surface area contributed by atoms with Crippen LogP contribution < -0.4 is 52.3 Å². The highest BCUT2D eigenvalue weighted by atomic mass is 16.5. The van der Waals surface area contributed by atoms with Crippen LogP contribution in [0, 0.1) is 0 Å². The molecule has 6 aromatic carbocycles. The maximum atomic E-state index is 6.86. The Balaban J connectivity index is 1.14. The van der Waals surface area contributed by atoms with Gasteiger partial charge < -0.3 is 27.9 Å². The number of hydrogen-bond donors (Lipinski definition) is 0. The predicted molar refractivity (Wildman–Crippen MR) is 190 cm³/mol. The summed E-state index contributed by atoms with van der Waals surface area (Å²) in [5.74, 6) is 4.58. The molecular weight excluding hydrogens is 596 g/mol. The average molecular weight is 617 g/mol. The molecule has 0 spiro atoms. The molecule has 8 aromatic rings. The summed E-state index contributed by atoms with van der Waals surface area (Å²) in [6.45, 7) is -0.433. The van der Waals surface area contributed by atoms with Crippen LogP contribution in [0.5, 0.6) is 34.5 Å². The number of anilines is 3. The van der Waals surface area contributed by atoms with Crippen LogP contribution in [0.2, 0.25) is 0 Å². The van der Waals surface area contributed by atoms with Crippen molar-refractivity contribution in [2.75, 3.05) is 4.90 Å². The second-order valence-electron chi connectivity index (χ2n) is 12.7. The molecule has 0 saturated heterocycles. The molecule has 12 rings (SSSR count). The Labute approximate surface area is 274 Å². The lowest BCUT2D eigenvalue weighted by molar-refractivity contribution is 0.453. The Morgan fingerprint density at radius 1 is 0.458 bits per heavy atom. The van der Waals surface area contributed by atoms with Crippen molar-refractivity contribution in [3.8, 4) is 34.5 Å². The van der Waals surface area contributed by atoms with Crippen molar-refractivity contribution in [3.05, 3.63) is 127 Å². The molecule has 0 bridgehead atoms. The lowest BCUT2D eigenvalue weighted by Gasteiger charge is -2.38. The smallest absolute Gasteiger partial charge is 0.305 e. The first kappa shape index (κ1) is 24.9. The minimum atomic E-state index is -0.224. The second kappa shape index (κ2) is 8.75. The van der Waals surface area contributed by atoms with E-state index in [1.807, 2.05) is 66.7 Å². The molecule has 0 unspecified atom stereocenters. The molecule has 48 heavy (non-hydrogen) atoms. The summed E-state index contributed by atoms with van der Waals surface area (Å²) in [6, 6.07) is 43.4. The summed E-state index contributed by atoms with van der Waals surface area (Å²) in [5.41, 5.74) is 10.6. The Morgan fingerprint density at radius 2 is 1.06 bits per heavy atom. The van der Waals surface area contributed by atoms with E-state index in [0.29, 0.717) is 0 Å². The van der Waals surface area contributed by atoms with Gasteiger partial charge in [-0.1, -0.05) is 60.7 Å². The molecule has 0 aliphatic carbocycles. The lowest BCUT2D eigenvalue weighted by atomic mass is 9.33. The molecule has 6 nitrogen and oxygen atoms in total. The summed E-state index contributed by atoms with van der Waals surface area (Å²) < 4.78 is 33.4. The van der Waals surface area contributed by atoms with E-state index in [0.717, 1.165) is 107 Å². The van der Waals surface area contributed by atoms with Gasteiger partial charge >= 0.3 is 13.4 Å². The topological polar surface area (TPSA) is 57.2 Å². The Hall–Kier alpha value is -6.27. The number of benzene rings is 6. The first-order valence-corrected chi connectivity index (χ1v) is 16.2. The summed E-state index contributed by atoms with van der Waals surface area (Å²) >= 11 is 0. The van der Waals surface area contributed by atoms with Gasteiger partial charge in [-0.05, 0) is 71.6 Å². The standard InChI is InChI=1S/C40H21B2NO5/c1-2-10-22(11-3-1)43-27-14-8-17-30-35(27)41(39-37(43)23-12-4-6-15-28(23)47-39)25-20-26-34(21-33(25)44-30)45-31-18-9-19-32-36(31)42(26)40-38(46-32)24-13-5-7-16-29(24)48-40/h1-21H. The van der Waals surface area contributed by atoms with Crippen molar-refractivity contribution in [2.24, 2.45) is 0 Å². The van der Waals surface area contributed by atoms with Crippen LogP contribution in [0.1, 0.15) is 0 Å². The second-order valence-corrected chi connectivity index (χ2v) is 12.7. The molecule has 0 saturated carbocycles. The van der Waals surface area contributed by atoms with E-state index >= 15 is 0 Å². The van der Waals surface area contributed by atoms with Gasteiger partial charge in [-0.2, -0.15) is 0 Å². The van der Waals surface area contributed by atoms with Crippen molar-refractivity contribution in [1.82, 2.24) is 0 Å². The van der Waals surface area contributed by atoms with Crippen LogP contribution in [-0.2, 0) is 0 Å². The number of furan rings is 2. The SMILES string of the molecule is c1ccc(N2c3cccc4c3B(c3cc5c(cc3O4)Oc3cccc4c3B5c3oc5ccccc5c3O4)c3oc4ccccc4c32)cc1. The third kappa shape index (κ3) is 3.05. The van der Waals surface area contributed by atoms with Crippen molar-refractivity contribution < 1.29 is 23.0 Å². The van der Waals surface area contributed by atoms with Gasteiger partial charge in [0.25, 0.3) is 0 Å². The molecule has 8 heteroatoms. The normalized spacial score (nSPS) is 14.2. The Bertz CT molecular complexity index is 2700. The van der Waals surface area contributed by atoms with Gasteiger partial charge in [0.15, 0.2) is 5.75 Å². The molecule has 2 aromatic heterocycles. The zero-order valence-electron chi connectivity index (χ0n) is 25.3. The fourth-order valence-electron chi connectivity index (χ4n) is 8.30. The van der Waals surface area contributed by atoms with Crippen LogP contribution in [0.25, 0.3) is 21.9 Å². The molecule has 4 aliphatic rings. The van der Waals surface area contributed by atoms with E-state index in [1.165, 1.54) is 0 Å². The molecule has 0 amide bonds. The highest BCUT2D eigenvalue weighted by molar-refractivity contribution is 7.01. The minimum absolute atomic E-state index is 0.209. The quantitative estimate of drug-likeness (QED) is 0.202. The fourth-order valence-corrected chi connectivity index (χ4v) is 8.30. The summed E-state index contributed by atoms with van der Waals surface area (Å²) in [6.07, 6.45) is 0. The fraction of sp³-hybridized carbons (Fsp3) is 0. The van der Waals surface area contributed by atoms with Crippen LogP contribution in [0.4, 0.5) is 17.1 Å². The predicted octanol–water partition coefficient (Wildman–Crippen LogP) is 6.31. The monoisotopic (exact) mass is 617 g/mol. The third-order valence-electron chi connectivity index (χ3n) is 10.2. The van der Waals surface area contributed by atoms with Gasteiger partial charge in [0.2, 0.25) is 0 Å². The molecule has 4 aliphatic heterocycles. The van der Waals surface area contributed by atoms with E-state index in [-0.39, 0.29) is 13.4 Å². The van der Waals surface area contributed by atoms with Crippen molar-refractivity contribution >= 4 is 85.6 Å². The van der Waals surface area contributed by atoms with Crippen molar-refractivity contribution in [2.45, 2.75) is 0 Å². The van der Waals surface area contributed by atoms with Gasteiger partial charge in [0.1, 0.15) is 45.6 Å². The largest absolute Gasteiger partial charge is 0.468 e. The molecule has 0 fully saturated rings. The molecule has 0 N–H and O–H groups in total. The van der Waals surface area contributed by atoms with E-state index in [1.54, 1.807) is 0 Å². The van der Waals surface area contributed by atoms with Gasteiger partial charge in [0.05, 0.1) is 16.7 Å². The molecule has 222 valence electrons. The Morgan fingerprint density at radius 3 is 1.85 bits per heavy atom. The highest BCUT2D eigenvalue weighted by Gasteiger charge is 2.49. The van der Waals surface area contributed by atoms with Gasteiger partial charge in [-0.15, -0.1) is 0 Å². The van der Waals surface area contributed by atoms with Gasteiger partial charge in [0, 0.05) is 33.8 Å². The summed E-state index contributed by atoms with van der Waals surface area (Å²) in [5, 5.41) is 2.02. The van der Waals surface area contributed by atoms with Crippen LogP contribution >= 0.6 is 0 Å². The first-order valence-electron chi connectivity index (χ1n) is 16.2. The molecular formula is C40H21B2NO5. The average Bonchev–Trinajstić information content (AvgIpc) is 3.70. The van der Waals surface area contributed by atoms with Crippen molar-refractivity contribution in [3.63, 3.8) is 0 Å². The molecule has 0 atom stereocenters. The first-order chi connectivity index (χ1) is 23.8. The van der Waals surface area contributed by atoms with Gasteiger partial charge in [-0.3, -0.25) is 0 Å². The highest BCUT2D eigenvalue weighted by Crippen LogP contribution is 2.45. The maximum absolute atomic E-state index is 6.86. The zero-order valence-corrected chi connectivity index (χ0v) is 25.3. The summed E-state index contributed by atoms with van der Waals surface area (Å²) in [4.78, 5) is 2.31. The Kier molecular flexibility index (Phi) is 4.54. The number of rotatable bonds is 1. The summed E-state index contributed by atoms with van der Waals surface area (Å²) in [7, 11) is 0. The molecule has 0 radical (unpaired) electrons. The number of ether oxygens (including phenoxy) is 3. The number of hydrogen-bond acceptors (Lipinski definition) is 6. The molecule has 6 heterocycles. The van der Waals surface area contributed by atoms with Crippen LogP contribution in [-0.4, -0.2) is 13.4 Å². The van der Waals surface area contributed by atoms with E-state index in [4.69, 9.17) is 23.0 Å². The third-order valence-corrected chi connectivity index (χ3v) is 10.2. The van der Waals surface area contributed by atoms with Crippen LogP contribution in [0.3, 0.4) is 0 Å². The van der Waals surface area contributed by atoms with E-state index in [9.17, 15) is 0 Å². The van der Waals surface area contributed by atoms with E-state index in [2.05, 4.69) is 65.6 Å².